The van der Waals surface area contributed by atoms with E-state index in [2.05, 4.69) is 26.5 Å². The van der Waals surface area contributed by atoms with Crippen LogP contribution >= 0.6 is 15.9 Å². The quantitative estimate of drug-likeness (QED) is 0.539. The molecule has 1 amide bonds. The lowest BCUT2D eigenvalue weighted by atomic mass is 10.1. The van der Waals surface area contributed by atoms with Gasteiger partial charge >= 0.3 is 0 Å². The third-order valence-corrected chi connectivity index (χ3v) is 4.14. The number of amides is 1. The minimum atomic E-state index is -0.492. The van der Waals surface area contributed by atoms with Gasteiger partial charge in [-0.15, -0.1) is 0 Å². The number of halogens is 1. The van der Waals surface area contributed by atoms with E-state index in [4.69, 9.17) is 4.42 Å². The summed E-state index contributed by atoms with van der Waals surface area (Å²) in [5, 5.41) is 14.7. The number of fused-ring (bicyclic) bond motifs is 1. The van der Waals surface area contributed by atoms with Gasteiger partial charge in [0.25, 0.3) is 5.91 Å². The molecule has 0 unspecified atom stereocenters. The molecular formula is C17H13BrN2O3. The Bertz CT molecular complexity index is 915. The number of rotatable bonds is 3. The number of furan rings is 1. The zero-order valence-corrected chi connectivity index (χ0v) is 13.8. The Labute approximate surface area is 140 Å². The van der Waals surface area contributed by atoms with Crippen molar-refractivity contribution in [3.63, 3.8) is 0 Å². The van der Waals surface area contributed by atoms with Crippen LogP contribution in [0.15, 0.2) is 56.7 Å². The van der Waals surface area contributed by atoms with Crippen molar-refractivity contribution in [2.75, 3.05) is 0 Å². The Balaban J connectivity index is 1.83. The number of aryl methyl sites for hydroxylation is 1. The summed E-state index contributed by atoms with van der Waals surface area (Å²) in [6.45, 7) is 1.80. The smallest absolute Gasteiger partial charge is 0.275 e. The molecule has 5 nitrogen and oxygen atoms in total. The van der Waals surface area contributed by atoms with Crippen LogP contribution in [0.2, 0.25) is 0 Å². The van der Waals surface area contributed by atoms with Crippen LogP contribution < -0.4 is 5.43 Å². The predicted molar refractivity (Wildman–Crippen MR) is 91.8 cm³/mol. The number of carbonyl (C=O) groups is 1. The zero-order valence-electron chi connectivity index (χ0n) is 12.2. The largest absolute Gasteiger partial charge is 0.506 e. The van der Waals surface area contributed by atoms with E-state index in [1.54, 1.807) is 13.0 Å². The highest BCUT2D eigenvalue weighted by atomic mass is 79.9. The fourth-order valence-electron chi connectivity index (χ4n) is 2.25. The zero-order chi connectivity index (χ0) is 16.4. The van der Waals surface area contributed by atoms with Gasteiger partial charge in [0, 0.05) is 10.0 Å². The molecule has 0 atom stereocenters. The second-order valence-electron chi connectivity index (χ2n) is 4.97. The van der Waals surface area contributed by atoms with Crippen molar-refractivity contribution >= 4 is 39.0 Å². The van der Waals surface area contributed by atoms with Gasteiger partial charge in [-0.2, -0.15) is 5.10 Å². The lowest BCUT2D eigenvalue weighted by Crippen LogP contribution is -2.17. The average molecular weight is 373 g/mol. The van der Waals surface area contributed by atoms with E-state index in [9.17, 15) is 9.90 Å². The van der Waals surface area contributed by atoms with E-state index >= 15 is 0 Å². The molecule has 23 heavy (non-hydrogen) atoms. The number of carbonyl (C=O) groups excluding carboxylic acids is 1. The highest BCUT2D eigenvalue weighted by molar-refractivity contribution is 9.10. The number of hydrogen-bond donors (Lipinski definition) is 2. The summed E-state index contributed by atoms with van der Waals surface area (Å²) in [5.41, 5.74) is 4.69. The lowest BCUT2D eigenvalue weighted by molar-refractivity contribution is 0.0952. The van der Waals surface area contributed by atoms with E-state index in [1.165, 1.54) is 18.5 Å². The maximum Gasteiger partial charge on any atom is 0.275 e. The number of phenolic OH excluding ortho intramolecular Hbond substituents is 1. The van der Waals surface area contributed by atoms with Crippen LogP contribution in [0, 0.1) is 6.92 Å². The molecule has 1 aromatic heterocycles. The molecule has 3 aromatic rings. The van der Waals surface area contributed by atoms with Gasteiger partial charge in [-0.05, 0) is 30.7 Å². The van der Waals surface area contributed by atoms with Crippen molar-refractivity contribution in [3.05, 3.63) is 63.8 Å². The molecule has 1 heterocycles. The Morgan fingerprint density at radius 2 is 2.09 bits per heavy atom. The van der Waals surface area contributed by atoms with Gasteiger partial charge in [-0.3, -0.25) is 4.79 Å². The summed E-state index contributed by atoms with van der Waals surface area (Å²) in [7, 11) is 0. The molecule has 0 fully saturated rings. The molecule has 0 aliphatic carbocycles. The molecule has 6 heteroatoms. The first-order valence-corrected chi connectivity index (χ1v) is 7.65. The molecule has 2 aromatic carbocycles. The number of phenols is 1. The van der Waals surface area contributed by atoms with Crippen molar-refractivity contribution < 1.29 is 14.3 Å². The van der Waals surface area contributed by atoms with E-state index in [-0.39, 0.29) is 11.3 Å². The van der Waals surface area contributed by atoms with Crippen molar-refractivity contribution in [1.82, 2.24) is 5.43 Å². The first kappa shape index (κ1) is 15.3. The highest BCUT2D eigenvalue weighted by Crippen LogP contribution is 2.32. The van der Waals surface area contributed by atoms with Crippen molar-refractivity contribution in [1.29, 1.82) is 0 Å². The molecule has 0 radical (unpaired) electrons. The van der Waals surface area contributed by atoms with E-state index in [0.717, 1.165) is 15.6 Å². The highest BCUT2D eigenvalue weighted by Gasteiger charge is 2.16. The van der Waals surface area contributed by atoms with Gasteiger partial charge in [0.2, 0.25) is 0 Å². The topological polar surface area (TPSA) is 74.8 Å². The van der Waals surface area contributed by atoms with Crippen LogP contribution in [0.4, 0.5) is 0 Å². The summed E-state index contributed by atoms with van der Waals surface area (Å²) < 4.78 is 6.16. The summed E-state index contributed by atoms with van der Waals surface area (Å²) in [4.78, 5) is 12.2. The number of nitrogens with one attached hydrogen (secondary N) is 1. The van der Waals surface area contributed by atoms with Crippen molar-refractivity contribution in [2.45, 2.75) is 6.92 Å². The SMILES string of the molecule is Cc1coc2ccc(C(=O)N/N=C/c3ccccc3Br)c(O)c12. The standard InChI is InChI=1S/C17H13BrN2O3/c1-10-9-23-14-7-6-12(16(21)15(10)14)17(22)20-19-8-11-4-2-3-5-13(11)18/h2-9,21H,1H3,(H,20,22)/b19-8+. The second kappa shape index (κ2) is 6.26. The molecule has 0 saturated heterocycles. The number of hydrogen-bond acceptors (Lipinski definition) is 4. The number of nitrogens with zero attached hydrogens (tertiary/aromatic N) is 1. The van der Waals surface area contributed by atoms with Crippen LogP contribution in [0.1, 0.15) is 21.5 Å². The van der Waals surface area contributed by atoms with Crippen LogP contribution in [-0.4, -0.2) is 17.2 Å². The third-order valence-electron chi connectivity index (χ3n) is 3.42. The Morgan fingerprint density at radius 3 is 2.87 bits per heavy atom. The van der Waals surface area contributed by atoms with Gasteiger partial charge in [0.15, 0.2) is 0 Å². The van der Waals surface area contributed by atoms with E-state index in [1.807, 2.05) is 24.3 Å². The second-order valence-corrected chi connectivity index (χ2v) is 5.83. The molecule has 0 saturated carbocycles. The Kier molecular flexibility index (Phi) is 4.16. The summed E-state index contributed by atoms with van der Waals surface area (Å²) in [5.74, 6) is -0.601. The lowest BCUT2D eigenvalue weighted by Gasteiger charge is -2.04. The van der Waals surface area contributed by atoms with Gasteiger partial charge in [-0.25, -0.2) is 5.43 Å². The van der Waals surface area contributed by atoms with Gasteiger partial charge in [-0.1, -0.05) is 34.1 Å². The van der Waals surface area contributed by atoms with Gasteiger partial charge in [0.05, 0.1) is 23.4 Å². The summed E-state index contributed by atoms with van der Waals surface area (Å²) >= 11 is 3.40. The fraction of sp³-hybridized carbons (Fsp3) is 0.0588. The monoisotopic (exact) mass is 372 g/mol. The molecular weight excluding hydrogens is 360 g/mol. The minimum absolute atomic E-state index is 0.109. The maximum absolute atomic E-state index is 12.2. The van der Waals surface area contributed by atoms with Crippen molar-refractivity contribution in [2.24, 2.45) is 5.10 Å². The first-order valence-electron chi connectivity index (χ1n) is 6.85. The third kappa shape index (κ3) is 2.98. The fourth-order valence-corrected chi connectivity index (χ4v) is 2.63. The first-order chi connectivity index (χ1) is 11.1. The van der Waals surface area contributed by atoms with Gasteiger partial charge in [0.1, 0.15) is 11.3 Å². The molecule has 116 valence electrons. The predicted octanol–water partition coefficient (Wildman–Crippen LogP) is 3.97. The molecule has 0 aliphatic heterocycles. The molecule has 3 rings (SSSR count). The Hall–Kier alpha value is -2.60. The van der Waals surface area contributed by atoms with Gasteiger partial charge < -0.3 is 9.52 Å². The van der Waals surface area contributed by atoms with Crippen LogP contribution in [0.3, 0.4) is 0 Å². The number of hydrazone groups is 1. The summed E-state index contributed by atoms with van der Waals surface area (Å²) in [6.07, 6.45) is 3.07. The number of benzene rings is 2. The molecule has 0 bridgehead atoms. The number of aromatic hydroxyl groups is 1. The normalized spacial score (nSPS) is 11.2. The van der Waals surface area contributed by atoms with Crippen LogP contribution in [0.25, 0.3) is 11.0 Å². The maximum atomic E-state index is 12.2. The Morgan fingerprint density at radius 1 is 1.30 bits per heavy atom. The van der Waals surface area contributed by atoms with E-state index in [0.29, 0.717) is 11.0 Å². The molecule has 0 spiro atoms. The van der Waals surface area contributed by atoms with E-state index < -0.39 is 5.91 Å². The summed E-state index contributed by atoms with van der Waals surface area (Å²) in [6, 6.07) is 10.6. The van der Waals surface area contributed by atoms with Crippen LogP contribution in [-0.2, 0) is 0 Å². The average Bonchev–Trinajstić information content (AvgIpc) is 2.91. The molecule has 0 aliphatic rings. The minimum Gasteiger partial charge on any atom is -0.506 e. The van der Waals surface area contributed by atoms with Crippen molar-refractivity contribution in [3.8, 4) is 5.75 Å². The van der Waals surface area contributed by atoms with Crippen LogP contribution in [0.5, 0.6) is 5.75 Å². The molecule has 2 N–H and O–H groups in total.